The van der Waals surface area contributed by atoms with Gasteiger partial charge >= 0.3 is 0 Å². The van der Waals surface area contributed by atoms with E-state index < -0.39 is 0 Å². The second-order valence-corrected chi connectivity index (χ2v) is 7.27. The molecule has 1 aromatic carbocycles. The summed E-state index contributed by atoms with van der Waals surface area (Å²) in [5.74, 6) is 0.818. The van der Waals surface area contributed by atoms with Crippen molar-refractivity contribution < 1.29 is 9.59 Å². The molecule has 0 spiro atoms. The van der Waals surface area contributed by atoms with Gasteiger partial charge in [-0.3, -0.25) is 9.59 Å². The molecule has 3 atom stereocenters. The first kappa shape index (κ1) is 17.2. The van der Waals surface area contributed by atoms with E-state index in [-0.39, 0.29) is 24.4 Å². The van der Waals surface area contributed by atoms with Crippen molar-refractivity contribution >= 4 is 34.4 Å². The fourth-order valence-electron chi connectivity index (χ4n) is 2.94. The third-order valence-electron chi connectivity index (χ3n) is 4.58. The maximum absolute atomic E-state index is 12.1. The Bertz CT molecular complexity index is 547. The molecule has 1 fully saturated rings. The van der Waals surface area contributed by atoms with E-state index >= 15 is 0 Å². The lowest BCUT2D eigenvalue weighted by atomic mass is 9.78. The van der Waals surface area contributed by atoms with E-state index in [9.17, 15) is 9.59 Å². The molecular weight excluding hydrogens is 391 g/mol. The average molecular weight is 414 g/mol. The lowest BCUT2D eigenvalue weighted by molar-refractivity contribution is -0.121. The van der Waals surface area contributed by atoms with Crippen LogP contribution in [0.5, 0.6) is 0 Å². The summed E-state index contributed by atoms with van der Waals surface area (Å²) in [7, 11) is 0. The van der Waals surface area contributed by atoms with Gasteiger partial charge in [-0.05, 0) is 53.0 Å². The van der Waals surface area contributed by atoms with E-state index in [1.165, 1.54) is 6.42 Å². The first-order valence-corrected chi connectivity index (χ1v) is 8.89. The van der Waals surface area contributed by atoms with E-state index in [0.29, 0.717) is 17.4 Å². The van der Waals surface area contributed by atoms with Crippen molar-refractivity contribution in [2.75, 3.05) is 6.54 Å². The zero-order valence-corrected chi connectivity index (χ0v) is 15.2. The van der Waals surface area contributed by atoms with Crippen molar-refractivity contribution in [3.63, 3.8) is 0 Å². The maximum Gasteiger partial charge on any atom is 0.252 e. The molecule has 0 unspecified atom stereocenters. The Labute approximate surface area is 145 Å². The SMILES string of the molecule is C[C@H]1[C@@H](NC(=O)CNC(=O)c2ccccc2I)CCC[C@@H]1C. The van der Waals surface area contributed by atoms with Crippen LogP contribution in [-0.2, 0) is 4.79 Å². The van der Waals surface area contributed by atoms with Crippen molar-refractivity contribution in [1.82, 2.24) is 10.6 Å². The summed E-state index contributed by atoms with van der Waals surface area (Å²) in [4.78, 5) is 24.1. The number of halogens is 1. The topological polar surface area (TPSA) is 58.2 Å². The van der Waals surface area contributed by atoms with Crippen molar-refractivity contribution in [2.45, 2.75) is 39.2 Å². The van der Waals surface area contributed by atoms with E-state index in [1.807, 2.05) is 18.2 Å². The van der Waals surface area contributed by atoms with Gasteiger partial charge in [0.1, 0.15) is 0 Å². The van der Waals surface area contributed by atoms with Gasteiger partial charge in [-0.1, -0.05) is 38.8 Å². The standard InChI is InChI=1S/C17H23IN2O2/c1-11-6-5-9-15(12(11)2)20-16(21)10-19-17(22)13-7-3-4-8-14(13)18/h3-4,7-8,11-12,15H,5-6,9-10H2,1-2H3,(H,19,22)(H,20,21)/t11-,12+,15-/m0/s1. The van der Waals surface area contributed by atoms with E-state index in [4.69, 9.17) is 0 Å². The Morgan fingerprint density at radius 2 is 1.95 bits per heavy atom. The Balaban J connectivity index is 1.83. The predicted octanol–water partition coefficient (Wildman–Crippen LogP) is 2.96. The summed E-state index contributed by atoms with van der Waals surface area (Å²) in [6, 6.07) is 7.57. The number of amides is 2. The second kappa shape index (κ2) is 7.94. The minimum Gasteiger partial charge on any atom is -0.352 e. The van der Waals surface area contributed by atoms with Crippen LogP contribution >= 0.6 is 22.6 Å². The van der Waals surface area contributed by atoms with Gasteiger partial charge in [-0.25, -0.2) is 0 Å². The quantitative estimate of drug-likeness (QED) is 0.745. The van der Waals surface area contributed by atoms with Gasteiger partial charge < -0.3 is 10.6 Å². The highest BCUT2D eigenvalue weighted by Gasteiger charge is 2.28. The lowest BCUT2D eigenvalue weighted by Gasteiger charge is -2.34. The fraction of sp³-hybridized carbons (Fsp3) is 0.529. The van der Waals surface area contributed by atoms with E-state index in [2.05, 4.69) is 47.1 Å². The molecule has 22 heavy (non-hydrogen) atoms. The Kier molecular flexibility index (Phi) is 6.23. The highest BCUT2D eigenvalue weighted by Crippen LogP contribution is 2.29. The summed E-state index contributed by atoms with van der Waals surface area (Å²) in [6.45, 7) is 4.46. The monoisotopic (exact) mass is 414 g/mol. The number of hydrogen-bond acceptors (Lipinski definition) is 2. The van der Waals surface area contributed by atoms with Gasteiger partial charge in [0, 0.05) is 9.61 Å². The van der Waals surface area contributed by atoms with Crippen molar-refractivity contribution in [2.24, 2.45) is 11.8 Å². The van der Waals surface area contributed by atoms with Crippen LogP contribution < -0.4 is 10.6 Å². The zero-order valence-electron chi connectivity index (χ0n) is 13.1. The van der Waals surface area contributed by atoms with E-state index in [1.54, 1.807) is 6.07 Å². The van der Waals surface area contributed by atoms with Gasteiger partial charge in [0.2, 0.25) is 5.91 Å². The van der Waals surface area contributed by atoms with E-state index in [0.717, 1.165) is 16.4 Å². The summed E-state index contributed by atoms with van der Waals surface area (Å²) in [5, 5.41) is 5.76. The predicted molar refractivity (Wildman–Crippen MR) is 95.6 cm³/mol. The molecule has 1 aliphatic carbocycles. The molecule has 1 aliphatic rings. The Hall–Kier alpha value is -1.11. The largest absolute Gasteiger partial charge is 0.352 e. The molecule has 2 N–H and O–H groups in total. The van der Waals surface area contributed by atoms with Gasteiger partial charge in [0.25, 0.3) is 5.91 Å². The number of hydrogen-bond donors (Lipinski definition) is 2. The molecule has 2 rings (SSSR count). The molecule has 1 saturated carbocycles. The highest BCUT2D eigenvalue weighted by atomic mass is 127. The summed E-state index contributed by atoms with van der Waals surface area (Å²) < 4.78 is 0.882. The van der Waals surface area contributed by atoms with Gasteiger partial charge in [-0.15, -0.1) is 0 Å². The average Bonchev–Trinajstić information content (AvgIpc) is 2.50. The Morgan fingerprint density at radius 1 is 1.23 bits per heavy atom. The van der Waals surface area contributed by atoms with Crippen LogP contribution in [0.2, 0.25) is 0 Å². The molecule has 0 saturated heterocycles. The van der Waals surface area contributed by atoms with Crippen molar-refractivity contribution in [3.8, 4) is 0 Å². The van der Waals surface area contributed by atoms with Gasteiger partial charge in [0.15, 0.2) is 0 Å². The van der Waals surface area contributed by atoms with Crippen LogP contribution in [0, 0.1) is 15.4 Å². The van der Waals surface area contributed by atoms with Crippen LogP contribution in [-0.4, -0.2) is 24.4 Å². The molecule has 0 aliphatic heterocycles. The van der Waals surface area contributed by atoms with Crippen LogP contribution in [0.25, 0.3) is 0 Å². The third kappa shape index (κ3) is 4.44. The molecule has 0 aromatic heterocycles. The van der Waals surface area contributed by atoms with Crippen molar-refractivity contribution in [3.05, 3.63) is 33.4 Å². The third-order valence-corrected chi connectivity index (χ3v) is 5.52. The molecule has 4 nitrogen and oxygen atoms in total. The molecule has 0 heterocycles. The summed E-state index contributed by atoms with van der Waals surface area (Å²) in [5.41, 5.74) is 0.607. The van der Waals surface area contributed by atoms with Crippen LogP contribution in [0.15, 0.2) is 24.3 Å². The highest BCUT2D eigenvalue weighted by molar-refractivity contribution is 14.1. The molecule has 5 heteroatoms. The maximum atomic E-state index is 12.1. The van der Waals surface area contributed by atoms with Gasteiger partial charge in [0.05, 0.1) is 12.1 Å². The minimum atomic E-state index is -0.204. The number of nitrogens with one attached hydrogen (secondary N) is 2. The minimum absolute atomic E-state index is 0.0292. The number of carbonyl (C=O) groups is 2. The summed E-state index contributed by atoms with van der Waals surface area (Å²) >= 11 is 2.12. The number of rotatable bonds is 4. The normalized spacial score (nSPS) is 24.6. The first-order chi connectivity index (χ1) is 10.5. The van der Waals surface area contributed by atoms with Crippen LogP contribution in [0.4, 0.5) is 0 Å². The fourth-order valence-corrected chi connectivity index (χ4v) is 3.58. The van der Waals surface area contributed by atoms with Gasteiger partial charge in [-0.2, -0.15) is 0 Å². The summed E-state index contributed by atoms with van der Waals surface area (Å²) in [6.07, 6.45) is 3.42. The van der Waals surface area contributed by atoms with Crippen LogP contribution in [0.1, 0.15) is 43.5 Å². The van der Waals surface area contributed by atoms with Crippen molar-refractivity contribution in [1.29, 1.82) is 0 Å². The number of carbonyl (C=O) groups excluding carboxylic acids is 2. The molecule has 0 radical (unpaired) electrons. The molecule has 120 valence electrons. The Morgan fingerprint density at radius 3 is 2.68 bits per heavy atom. The molecule has 0 bridgehead atoms. The number of benzene rings is 1. The molecule has 1 aromatic rings. The second-order valence-electron chi connectivity index (χ2n) is 6.10. The van der Waals surface area contributed by atoms with Crippen LogP contribution in [0.3, 0.4) is 0 Å². The lowest BCUT2D eigenvalue weighted by Crippen LogP contribution is -2.47. The zero-order chi connectivity index (χ0) is 16.1. The molecular formula is C17H23IN2O2. The first-order valence-electron chi connectivity index (χ1n) is 7.81. The smallest absolute Gasteiger partial charge is 0.252 e. The molecule has 2 amide bonds.